The van der Waals surface area contributed by atoms with Crippen LogP contribution in [0.3, 0.4) is 0 Å². The Morgan fingerprint density at radius 2 is 1.73 bits per heavy atom. The second-order valence-electron chi connectivity index (χ2n) is 7.83. The second kappa shape index (κ2) is 10.2. The van der Waals surface area contributed by atoms with Crippen molar-refractivity contribution >= 4 is 17.4 Å². The molecule has 1 aliphatic rings. The predicted molar refractivity (Wildman–Crippen MR) is 127 cm³/mol. The molecule has 1 aliphatic heterocycles. The predicted octanol–water partition coefficient (Wildman–Crippen LogP) is 4.02. The van der Waals surface area contributed by atoms with E-state index in [4.69, 9.17) is 14.2 Å². The Kier molecular flexibility index (Phi) is 6.92. The third-order valence-corrected chi connectivity index (χ3v) is 5.82. The molecular weight excluding hydrogens is 420 g/mol. The minimum atomic E-state index is -0.162. The van der Waals surface area contributed by atoms with E-state index in [1.807, 2.05) is 30.3 Å². The molecule has 33 heavy (non-hydrogen) atoms. The fourth-order valence-electron chi connectivity index (χ4n) is 3.98. The number of hydrogen-bond acceptors (Lipinski definition) is 7. The lowest BCUT2D eigenvalue weighted by molar-refractivity contribution is -0.120. The molecule has 0 aliphatic carbocycles. The number of anilines is 2. The molecule has 4 rings (SSSR count). The van der Waals surface area contributed by atoms with Crippen LogP contribution in [0.1, 0.15) is 12.8 Å². The third kappa shape index (κ3) is 5.16. The molecule has 1 aromatic heterocycles. The normalized spacial score (nSPS) is 15.6. The average Bonchev–Trinajstić information content (AvgIpc) is 2.89. The minimum absolute atomic E-state index is 0.0346. The number of ether oxygens (including phenoxy) is 3. The molecule has 1 amide bonds. The Morgan fingerprint density at radius 1 is 0.970 bits per heavy atom. The Hall–Kier alpha value is -3.81. The Labute approximate surface area is 193 Å². The van der Waals surface area contributed by atoms with Crippen LogP contribution in [0.25, 0.3) is 11.3 Å². The second-order valence-corrected chi connectivity index (χ2v) is 7.83. The summed E-state index contributed by atoms with van der Waals surface area (Å²) >= 11 is 0. The SMILES string of the molecule is COc1ccc(-c2cc(N3CCCC(C(=O)Nc4ccc(OC)cc4OC)C3)ncn2)cc1. The van der Waals surface area contributed by atoms with E-state index in [2.05, 4.69) is 20.2 Å². The number of nitrogens with zero attached hydrogens (tertiary/aromatic N) is 3. The number of aromatic nitrogens is 2. The standard InChI is InChI=1S/C25H28N4O4/c1-31-19-8-6-17(7-9-19)22-14-24(27-16-26-22)29-12-4-5-18(15-29)25(30)28-21-11-10-20(32-2)13-23(21)33-3/h6-11,13-14,16,18H,4-5,12,15H2,1-3H3,(H,28,30). The first-order valence-corrected chi connectivity index (χ1v) is 10.9. The van der Waals surface area contributed by atoms with Gasteiger partial charge in [-0.3, -0.25) is 4.79 Å². The Balaban J connectivity index is 1.47. The number of amides is 1. The highest BCUT2D eigenvalue weighted by Crippen LogP contribution is 2.31. The molecule has 1 fully saturated rings. The number of nitrogens with one attached hydrogen (secondary N) is 1. The summed E-state index contributed by atoms with van der Waals surface area (Å²) in [6.45, 7) is 1.43. The van der Waals surface area contributed by atoms with E-state index < -0.39 is 0 Å². The fraction of sp³-hybridized carbons (Fsp3) is 0.320. The van der Waals surface area contributed by atoms with Crippen molar-refractivity contribution in [1.82, 2.24) is 9.97 Å². The van der Waals surface area contributed by atoms with Gasteiger partial charge >= 0.3 is 0 Å². The molecule has 1 atom stereocenters. The maximum Gasteiger partial charge on any atom is 0.229 e. The number of piperidine rings is 1. The van der Waals surface area contributed by atoms with E-state index in [-0.39, 0.29) is 11.8 Å². The zero-order valence-corrected chi connectivity index (χ0v) is 19.1. The summed E-state index contributed by atoms with van der Waals surface area (Å²) in [6.07, 6.45) is 3.29. The first kappa shape index (κ1) is 22.4. The highest BCUT2D eigenvalue weighted by molar-refractivity contribution is 5.94. The van der Waals surface area contributed by atoms with Crippen molar-refractivity contribution in [3.8, 4) is 28.5 Å². The monoisotopic (exact) mass is 448 g/mol. The van der Waals surface area contributed by atoms with Gasteiger partial charge < -0.3 is 24.4 Å². The fourth-order valence-corrected chi connectivity index (χ4v) is 3.98. The topological polar surface area (TPSA) is 85.8 Å². The molecule has 2 aromatic carbocycles. The summed E-state index contributed by atoms with van der Waals surface area (Å²) in [4.78, 5) is 24.1. The first-order valence-electron chi connectivity index (χ1n) is 10.9. The lowest BCUT2D eigenvalue weighted by atomic mass is 9.97. The Bertz CT molecular complexity index is 1100. The maximum atomic E-state index is 13.0. The maximum absolute atomic E-state index is 13.0. The molecule has 172 valence electrons. The van der Waals surface area contributed by atoms with Gasteiger partial charge in [0.2, 0.25) is 5.91 Å². The molecule has 1 saturated heterocycles. The summed E-state index contributed by atoms with van der Waals surface area (Å²) in [7, 11) is 4.81. The van der Waals surface area contributed by atoms with Gasteiger partial charge in [-0.05, 0) is 49.2 Å². The highest BCUT2D eigenvalue weighted by atomic mass is 16.5. The minimum Gasteiger partial charge on any atom is -0.497 e. The van der Waals surface area contributed by atoms with E-state index in [1.54, 1.807) is 45.9 Å². The molecular formula is C25H28N4O4. The van der Waals surface area contributed by atoms with Gasteiger partial charge in [-0.2, -0.15) is 0 Å². The number of carbonyl (C=O) groups excluding carboxylic acids is 1. The van der Waals surface area contributed by atoms with Crippen molar-refractivity contribution < 1.29 is 19.0 Å². The summed E-state index contributed by atoms with van der Waals surface area (Å²) in [5, 5.41) is 3.01. The van der Waals surface area contributed by atoms with E-state index >= 15 is 0 Å². The zero-order chi connectivity index (χ0) is 23.2. The molecule has 0 saturated carbocycles. The van der Waals surface area contributed by atoms with Crippen molar-refractivity contribution in [2.75, 3.05) is 44.6 Å². The van der Waals surface area contributed by atoms with Gasteiger partial charge in [0.25, 0.3) is 0 Å². The number of methoxy groups -OCH3 is 3. The van der Waals surface area contributed by atoms with Gasteiger partial charge in [-0.15, -0.1) is 0 Å². The van der Waals surface area contributed by atoms with Crippen LogP contribution in [0, 0.1) is 5.92 Å². The number of rotatable bonds is 7. The molecule has 2 heterocycles. The quantitative estimate of drug-likeness (QED) is 0.584. The molecule has 8 nitrogen and oxygen atoms in total. The van der Waals surface area contributed by atoms with E-state index in [9.17, 15) is 4.79 Å². The van der Waals surface area contributed by atoms with Crippen molar-refractivity contribution in [2.24, 2.45) is 5.92 Å². The van der Waals surface area contributed by atoms with Crippen LogP contribution in [0.15, 0.2) is 54.9 Å². The summed E-state index contributed by atoms with van der Waals surface area (Å²) in [5.74, 6) is 2.65. The van der Waals surface area contributed by atoms with Crippen molar-refractivity contribution in [3.05, 3.63) is 54.9 Å². The van der Waals surface area contributed by atoms with Crippen LogP contribution in [-0.2, 0) is 4.79 Å². The third-order valence-electron chi connectivity index (χ3n) is 5.82. The average molecular weight is 449 g/mol. The molecule has 8 heteroatoms. The van der Waals surface area contributed by atoms with E-state index in [0.29, 0.717) is 23.7 Å². The molecule has 3 aromatic rings. The lowest BCUT2D eigenvalue weighted by Crippen LogP contribution is -2.41. The number of carbonyl (C=O) groups is 1. The van der Waals surface area contributed by atoms with Crippen LogP contribution in [0.4, 0.5) is 11.5 Å². The van der Waals surface area contributed by atoms with Gasteiger partial charge in [-0.25, -0.2) is 9.97 Å². The zero-order valence-electron chi connectivity index (χ0n) is 19.1. The van der Waals surface area contributed by atoms with Gasteiger partial charge in [0.15, 0.2) is 0 Å². The summed E-state index contributed by atoms with van der Waals surface area (Å²) in [5.41, 5.74) is 2.44. The van der Waals surface area contributed by atoms with E-state index in [1.165, 1.54) is 0 Å². The largest absolute Gasteiger partial charge is 0.497 e. The molecule has 0 bridgehead atoms. The van der Waals surface area contributed by atoms with Crippen LogP contribution >= 0.6 is 0 Å². The number of hydrogen-bond donors (Lipinski definition) is 1. The van der Waals surface area contributed by atoms with Crippen LogP contribution in [0.5, 0.6) is 17.2 Å². The van der Waals surface area contributed by atoms with Crippen molar-refractivity contribution in [2.45, 2.75) is 12.8 Å². The molecule has 0 radical (unpaired) electrons. The van der Waals surface area contributed by atoms with Gasteiger partial charge in [0.05, 0.1) is 38.6 Å². The highest BCUT2D eigenvalue weighted by Gasteiger charge is 2.27. The van der Waals surface area contributed by atoms with Crippen LogP contribution in [0.2, 0.25) is 0 Å². The summed E-state index contributed by atoms with van der Waals surface area (Å²) < 4.78 is 15.9. The van der Waals surface area contributed by atoms with E-state index in [0.717, 1.165) is 42.2 Å². The molecule has 1 N–H and O–H groups in total. The molecule has 0 spiro atoms. The number of benzene rings is 2. The van der Waals surface area contributed by atoms with Gasteiger partial charge in [0, 0.05) is 30.8 Å². The van der Waals surface area contributed by atoms with Crippen LogP contribution in [-0.4, -0.2) is 50.3 Å². The van der Waals surface area contributed by atoms with Crippen molar-refractivity contribution in [3.63, 3.8) is 0 Å². The molecule has 1 unspecified atom stereocenters. The Morgan fingerprint density at radius 3 is 2.45 bits per heavy atom. The van der Waals surface area contributed by atoms with Crippen LogP contribution < -0.4 is 24.4 Å². The lowest BCUT2D eigenvalue weighted by Gasteiger charge is -2.33. The smallest absolute Gasteiger partial charge is 0.229 e. The van der Waals surface area contributed by atoms with Gasteiger partial charge in [-0.1, -0.05) is 0 Å². The van der Waals surface area contributed by atoms with Crippen molar-refractivity contribution in [1.29, 1.82) is 0 Å². The first-order chi connectivity index (χ1) is 16.1. The summed E-state index contributed by atoms with van der Waals surface area (Å²) in [6, 6.07) is 15.1. The van der Waals surface area contributed by atoms with Gasteiger partial charge in [0.1, 0.15) is 29.4 Å².